The zero-order valence-corrected chi connectivity index (χ0v) is 11.6. The van der Waals surface area contributed by atoms with Crippen LogP contribution in [0.5, 0.6) is 5.75 Å². The minimum atomic E-state index is -4.48. The van der Waals surface area contributed by atoms with Gasteiger partial charge in [0.25, 0.3) is 0 Å². The first kappa shape index (κ1) is 15.8. The summed E-state index contributed by atoms with van der Waals surface area (Å²) in [5, 5.41) is 0. The van der Waals surface area contributed by atoms with Crippen molar-refractivity contribution in [2.24, 2.45) is 5.73 Å². The van der Waals surface area contributed by atoms with Gasteiger partial charge in [0.1, 0.15) is 5.75 Å². The van der Waals surface area contributed by atoms with Gasteiger partial charge in [-0.25, -0.2) is 0 Å². The minimum Gasteiger partial charge on any atom is -0.479 e. The van der Waals surface area contributed by atoms with Gasteiger partial charge in [-0.05, 0) is 37.0 Å². The van der Waals surface area contributed by atoms with Crippen LogP contribution in [0.2, 0.25) is 0 Å². The second-order valence-corrected chi connectivity index (χ2v) is 5.12. The van der Waals surface area contributed by atoms with Crippen molar-refractivity contribution in [1.82, 2.24) is 0 Å². The molecule has 0 heterocycles. The Kier molecular flexibility index (Phi) is 4.85. The number of rotatable bonds is 4. The summed E-state index contributed by atoms with van der Waals surface area (Å²) in [6, 6.07) is 4.18. The molecule has 0 radical (unpaired) electrons. The molecule has 0 saturated carbocycles. The van der Waals surface area contributed by atoms with E-state index in [0.29, 0.717) is 5.56 Å². The standard InChI is InChI=1S/C14H20F3NO/c1-8(2)11-6-5-9(3)12(7-11)19-13(10(4)18)14(15,16)17/h5-8,10,13H,18H2,1-4H3. The molecular formula is C14H20F3NO. The summed E-state index contributed by atoms with van der Waals surface area (Å²) in [6.07, 6.45) is -6.47. The van der Waals surface area contributed by atoms with E-state index in [1.165, 1.54) is 6.92 Å². The predicted molar refractivity (Wildman–Crippen MR) is 69.4 cm³/mol. The topological polar surface area (TPSA) is 35.2 Å². The third-order valence-corrected chi connectivity index (χ3v) is 2.93. The van der Waals surface area contributed by atoms with Crippen LogP contribution < -0.4 is 10.5 Å². The van der Waals surface area contributed by atoms with Gasteiger partial charge in [-0.15, -0.1) is 0 Å². The van der Waals surface area contributed by atoms with Crippen LogP contribution in [-0.4, -0.2) is 18.3 Å². The molecule has 0 amide bonds. The Balaban J connectivity index is 3.06. The zero-order chi connectivity index (χ0) is 14.8. The maximum Gasteiger partial charge on any atom is 0.426 e. The Hall–Kier alpha value is -1.23. The van der Waals surface area contributed by atoms with Gasteiger partial charge in [-0.3, -0.25) is 0 Å². The van der Waals surface area contributed by atoms with E-state index >= 15 is 0 Å². The third-order valence-electron chi connectivity index (χ3n) is 2.93. The monoisotopic (exact) mass is 275 g/mol. The van der Waals surface area contributed by atoms with Crippen LogP contribution in [0.4, 0.5) is 13.2 Å². The van der Waals surface area contributed by atoms with Crippen molar-refractivity contribution in [2.45, 2.75) is 51.9 Å². The molecule has 19 heavy (non-hydrogen) atoms. The van der Waals surface area contributed by atoms with Crippen LogP contribution in [0.25, 0.3) is 0 Å². The number of hydrogen-bond donors (Lipinski definition) is 1. The van der Waals surface area contributed by atoms with Crippen molar-refractivity contribution in [1.29, 1.82) is 0 Å². The normalized spacial score (nSPS) is 15.4. The molecule has 0 saturated heterocycles. The smallest absolute Gasteiger partial charge is 0.426 e. The first-order valence-corrected chi connectivity index (χ1v) is 6.22. The third kappa shape index (κ3) is 4.13. The van der Waals surface area contributed by atoms with Gasteiger partial charge >= 0.3 is 6.18 Å². The molecule has 1 aromatic rings. The van der Waals surface area contributed by atoms with Gasteiger partial charge in [-0.1, -0.05) is 26.0 Å². The molecule has 0 fully saturated rings. The van der Waals surface area contributed by atoms with Gasteiger partial charge in [0.05, 0.1) is 0 Å². The van der Waals surface area contributed by atoms with Crippen LogP contribution in [0.3, 0.4) is 0 Å². The van der Waals surface area contributed by atoms with Crippen molar-refractivity contribution in [3.05, 3.63) is 29.3 Å². The van der Waals surface area contributed by atoms with Gasteiger partial charge in [0.2, 0.25) is 6.10 Å². The zero-order valence-electron chi connectivity index (χ0n) is 11.6. The molecule has 2 unspecified atom stereocenters. The molecule has 0 spiro atoms. The maximum atomic E-state index is 12.8. The number of alkyl halides is 3. The Bertz CT molecular complexity index is 427. The molecule has 2 nitrogen and oxygen atoms in total. The summed E-state index contributed by atoms with van der Waals surface area (Å²) in [6.45, 7) is 6.95. The van der Waals surface area contributed by atoms with Crippen molar-refractivity contribution in [3.63, 3.8) is 0 Å². The number of halogens is 3. The fraction of sp³-hybridized carbons (Fsp3) is 0.571. The lowest BCUT2D eigenvalue weighted by Crippen LogP contribution is -2.47. The molecular weight excluding hydrogens is 255 g/mol. The van der Waals surface area contributed by atoms with E-state index in [4.69, 9.17) is 10.5 Å². The minimum absolute atomic E-state index is 0.225. The van der Waals surface area contributed by atoms with E-state index < -0.39 is 18.3 Å². The fourth-order valence-electron chi connectivity index (χ4n) is 1.71. The van der Waals surface area contributed by atoms with Crippen LogP contribution in [-0.2, 0) is 0 Å². The van der Waals surface area contributed by atoms with Crippen molar-refractivity contribution >= 4 is 0 Å². The van der Waals surface area contributed by atoms with E-state index in [1.807, 2.05) is 19.9 Å². The van der Waals surface area contributed by atoms with Crippen LogP contribution in [0, 0.1) is 6.92 Å². The quantitative estimate of drug-likeness (QED) is 0.907. The molecule has 0 bridgehead atoms. The Morgan fingerprint density at radius 1 is 1.16 bits per heavy atom. The molecule has 108 valence electrons. The van der Waals surface area contributed by atoms with Crippen LogP contribution >= 0.6 is 0 Å². The summed E-state index contributed by atoms with van der Waals surface area (Å²) in [7, 11) is 0. The molecule has 1 rings (SSSR count). The number of ether oxygens (including phenoxy) is 1. The fourth-order valence-corrected chi connectivity index (χ4v) is 1.71. The molecule has 0 aliphatic carbocycles. The highest BCUT2D eigenvalue weighted by molar-refractivity contribution is 5.38. The largest absolute Gasteiger partial charge is 0.479 e. The van der Waals surface area contributed by atoms with Gasteiger partial charge in [0, 0.05) is 6.04 Å². The Labute approximate surface area is 111 Å². The molecule has 0 aliphatic heterocycles. The van der Waals surface area contributed by atoms with Crippen molar-refractivity contribution in [2.75, 3.05) is 0 Å². The van der Waals surface area contributed by atoms with Crippen LogP contribution in [0.15, 0.2) is 18.2 Å². The van der Waals surface area contributed by atoms with Gasteiger partial charge in [-0.2, -0.15) is 13.2 Å². The number of aryl methyl sites for hydroxylation is 1. The Morgan fingerprint density at radius 2 is 1.74 bits per heavy atom. The highest BCUT2D eigenvalue weighted by Crippen LogP contribution is 2.30. The summed E-state index contributed by atoms with van der Waals surface area (Å²) >= 11 is 0. The predicted octanol–water partition coefficient (Wildman–Crippen LogP) is 3.78. The molecule has 2 N–H and O–H groups in total. The van der Waals surface area contributed by atoms with Crippen LogP contribution in [0.1, 0.15) is 37.8 Å². The molecule has 0 aliphatic rings. The number of benzene rings is 1. The summed E-state index contributed by atoms with van der Waals surface area (Å²) < 4.78 is 43.6. The van der Waals surface area contributed by atoms with E-state index in [2.05, 4.69) is 0 Å². The average molecular weight is 275 g/mol. The maximum absolute atomic E-state index is 12.8. The summed E-state index contributed by atoms with van der Waals surface area (Å²) in [4.78, 5) is 0. The summed E-state index contributed by atoms with van der Waals surface area (Å²) in [5.41, 5.74) is 6.98. The average Bonchev–Trinajstić information content (AvgIpc) is 2.25. The van der Waals surface area contributed by atoms with Gasteiger partial charge < -0.3 is 10.5 Å². The highest BCUT2D eigenvalue weighted by Gasteiger charge is 2.44. The first-order chi connectivity index (χ1) is 8.62. The van der Waals surface area contributed by atoms with E-state index in [9.17, 15) is 13.2 Å². The SMILES string of the molecule is Cc1ccc(C(C)C)cc1OC(C(C)N)C(F)(F)F. The highest BCUT2D eigenvalue weighted by atomic mass is 19.4. The van der Waals surface area contributed by atoms with Crippen molar-refractivity contribution in [3.8, 4) is 5.75 Å². The van der Waals surface area contributed by atoms with E-state index in [-0.39, 0.29) is 11.7 Å². The number of nitrogens with two attached hydrogens (primary N) is 1. The lowest BCUT2D eigenvalue weighted by atomic mass is 10.0. The van der Waals surface area contributed by atoms with E-state index in [1.54, 1.807) is 19.1 Å². The molecule has 1 aromatic carbocycles. The van der Waals surface area contributed by atoms with E-state index in [0.717, 1.165) is 5.56 Å². The first-order valence-electron chi connectivity index (χ1n) is 6.22. The van der Waals surface area contributed by atoms with Crippen molar-refractivity contribution < 1.29 is 17.9 Å². The summed E-state index contributed by atoms with van der Waals surface area (Å²) in [5.74, 6) is 0.466. The lowest BCUT2D eigenvalue weighted by molar-refractivity contribution is -0.199. The molecule has 5 heteroatoms. The van der Waals surface area contributed by atoms with Gasteiger partial charge in [0.15, 0.2) is 0 Å². The second-order valence-electron chi connectivity index (χ2n) is 5.12. The molecule has 2 atom stereocenters. The number of hydrogen-bond acceptors (Lipinski definition) is 2. The molecule has 0 aromatic heterocycles. The Morgan fingerprint density at radius 3 is 2.16 bits per heavy atom. The lowest BCUT2D eigenvalue weighted by Gasteiger charge is -2.26. The second kappa shape index (κ2) is 5.82.